The van der Waals surface area contributed by atoms with Crippen LogP contribution >= 0.6 is 11.6 Å². The lowest BCUT2D eigenvalue weighted by Gasteiger charge is -2.52. The van der Waals surface area contributed by atoms with Gasteiger partial charge in [0.2, 0.25) is 0 Å². The molecule has 0 aromatic heterocycles. The maximum Gasteiger partial charge on any atom is 0.338 e. The second kappa shape index (κ2) is 6.81. The minimum absolute atomic E-state index is 0.0301. The summed E-state index contributed by atoms with van der Waals surface area (Å²) in [5.41, 5.74) is 1.95. The minimum atomic E-state index is -0.191. The number of fused-ring (bicyclic) bond motifs is 3. The average molecular weight is 357 g/mol. The van der Waals surface area contributed by atoms with Crippen molar-refractivity contribution < 1.29 is 14.0 Å². The van der Waals surface area contributed by atoms with Crippen LogP contribution < -0.4 is 0 Å². The van der Waals surface area contributed by atoms with Crippen molar-refractivity contribution in [1.82, 2.24) is 0 Å². The summed E-state index contributed by atoms with van der Waals surface area (Å²) in [4.78, 5) is 12.4. The Morgan fingerprint density at radius 1 is 1.04 bits per heavy atom. The number of benzene rings is 2. The largest absolute Gasteiger partial charge is 0.452 e. The second-order valence-electron chi connectivity index (χ2n) is 7.40. The number of esters is 1. The van der Waals surface area contributed by atoms with Gasteiger partial charge in [-0.25, -0.2) is 4.79 Å². The van der Waals surface area contributed by atoms with Gasteiger partial charge in [0.05, 0.1) is 18.7 Å². The molecular formula is C21H23ClNO2+. The number of hydrogen-bond acceptors (Lipinski definition) is 2. The number of hydrogen-bond donors (Lipinski definition) is 0. The van der Waals surface area contributed by atoms with Crippen LogP contribution in [0.25, 0.3) is 0 Å². The average Bonchev–Trinajstić information content (AvgIpc) is 2.65. The van der Waals surface area contributed by atoms with E-state index >= 15 is 0 Å². The molecule has 0 saturated carbocycles. The van der Waals surface area contributed by atoms with E-state index in [9.17, 15) is 4.79 Å². The van der Waals surface area contributed by atoms with E-state index in [1.165, 1.54) is 18.7 Å². The van der Waals surface area contributed by atoms with E-state index in [2.05, 4.69) is 12.1 Å². The zero-order valence-corrected chi connectivity index (χ0v) is 15.0. The Morgan fingerprint density at radius 2 is 1.72 bits per heavy atom. The molecule has 1 unspecified atom stereocenters. The van der Waals surface area contributed by atoms with Gasteiger partial charge in [0.25, 0.3) is 0 Å². The van der Waals surface area contributed by atoms with Gasteiger partial charge < -0.3 is 9.22 Å². The normalized spacial score (nSPS) is 27.9. The van der Waals surface area contributed by atoms with Gasteiger partial charge in [0.15, 0.2) is 6.10 Å². The van der Waals surface area contributed by atoms with E-state index in [1.54, 1.807) is 0 Å². The molecule has 0 N–H and O–H groups in total. The van der Waals surface area contributed by atoms with Gasteiger partial charge in [-0.15, -0.1) is 0 Å². The fourth-order valence-electron chi connectivity index (χ4n) is 4.33. The first kappa shape index (κ1) is 16.6. The lowest BCUT2D eigenvalue weighted by atomic mass is 9.83. The van der Waals surface area contributed by atoms with Crippen molar-refractivity contribution in [1.29, 1.82) is 0 Å². The highest BCUT2D eigenvalue weighted by molar-refractivity contribution is 6.30. The van der Waals surface area contributed by atoms with Crippen LogP contribution in [-0.2, 0) is 11.3 Å². The number of carbonyl (C=O) groups excluding carboxylic acids is 1. The van der Waals surface area contributed by atoms with Crippen molar-refractivity contribution in [2.24, 2.45) is 5.92 Å². The Kier molecular flexibility index (Phi) is 4.53. The summed E-state index contributed by atoms with van der Waals surface area (Å²) in [6.07, 6.45) is 2.31. The van der Waals surface area contributed by atoms with Crippen molar-refractivity contribution in [3.63, 3.8) is 0 Å². The zero-order valence-electron chi connectivity index (χ0n) is 14.2. The monoisotopic (exact) mass is 356 g/mol. The third-order valence-electron chi connectivity index (χ3n) is 5.74. The second-order valence-corrected chi connectivity index (χ2v) is 7.84. The maximum absolute atomic E-state index is 12.4. The van der Waals surface area contributed by atoms with E-state index in [0.717, 1.165) is 35.4 Å². The standard InChI is InChI=1S/C21H23ClNO2/c22-19-8-6-16(7-9-19)14-23-12-10-17(11-13-23)20(15-23)25-21(24)18-4-2-1-3-5-18/h1-9,17,20H,10-15H2/q+1. The highest BCUT2D eigenvalue weighted by Crippen LogP contribution is 2.37. The highest BCUT2D eigenvalue weighted by atomic mass is 35.5. The molecule has 2 aromatic rings. The number of nitrogens with zero attached hydrogens (tertiary/aromatic N) is 1. The van der Waals surface area contributed by atoms with Crippen LogP contribution in [0, 0.1) is 5.92 Å². The van der Waals surface area contributed by atoms with E-state index in [1.807, 2.05) is 42.5 Å². The number of ether oxygens (including phenoxy) is 1. The number of quaternary nitrogens is 1. The molecule has 2 bridgehead atoms. The first-order valence-corrected chi connectivity index (χ1v) is 9.37. The Bertz CT molecular complexity index is 736. The molecule has 0 spiro atoms. The first-order valence-electron chi connectivity index (χ1n) is 8.99. The molecule has 0 radical (unpaired) electrons. The molecule has 3 aliphatic heterocycles. The van der Waals surface area contributed by atoms with E-state index in [-0.39, 0.29) is 12.1 Å². The van der Waals surface area contributed by atoms with Crippen molar-refractivity contribution >= 4 is 17.6 Å². The van der Waals surface area contributed by atoms with Crippen LogP contribution in [-0.4, -0.2) is 36.2 Å². The topological polar surface area (TPSA) is 26.3 Å². The van der Waals surface area contributed by atoms with Gasteiger partial charge in [-0.1, -0.05) is 41.9 Å². The van der Waals surface area contributed by atoms with Crippen LogP contribution in [0.2, 0.25) is 5.02 Å². The molecule has 0 amide bonds. The fraction of sp³-hybridized carbons (Fsp3) is 0.381. The van der Waals surface area contributed by atoms with Gasteiger partial charge >= 0.3 is 5.97 Å². The molecule has 3 aliphatic rings. The Hall–Kier alpha value is -1.84. The summed E-state index contributed by atoms with van der Waals surface area (Å²) in [7, 11) is 0. The summed E-state index contributed by atoms with van der Waals surface area (Å²) in [6, 6.07) is 17.4. The van der Waals surface area contributed by atoms with Gasteiger partial charge in [-0.05, 0) is 24.3 Å². The molecule has 4 heteroatoms. The molecule has 3 fully saturated rings. The molecule has 3 nitrogen and oxygen atoms in total. The molecular weight excluding hydrogens is 334 g/mol. The van der Waals surface area contributed by atoms with Crippen LogP contribution in [0.1, 0.15) is 28.8 Å². The van der Waals surface area contributed by atoms with Crippen molar-refractivity contribution in [2.75, 3.05) is 19.6 Å². The lowest BCUT2D eigenvalue weighted by Crippen LogP contribution is -2.63. The third kappa shape index (κ3) is 3.58. The molecule has 2 aromatic carbocycles. The van der Waals surface area contributed by atoms with Crippen LogP contribution in [0.3, 0.4) is 0 Å². The number of rotatable bonds is 4. The maximum atomic E-state index is 12.4. The molecule has 3 heterocycles. The summed E-state index contributed by atoms with van der Waals surface area (Å²) in [6.45, 7) is 4.26. The van der Waals surface area contributed by atoms with Gasteiger partial charge in [-0.3, -0.25) is 0 Å². The lowest BCUT2D eigenvalue weighted by molar-refractivity contribution is -0.958. The summed E-state index contributed by atoms with van der Waals surface area (Å²) in [5, 5.41) is 0.774. The van der Waals surface area contributed by atoms with E-state index in [0.29, 0.717) is 11.5 Å². The van der Waals surface area contributed by atoms with Crippen LogP contribution in [0.5, 0.6) is 0 Å². The Morgan fingerprint density at radius 3 is 2.40 bits per heavy atom. The number of carbonyl (C=O) groups is 1. The third-order valence-corrected chi connectivity index (χ3v) is 5.99. The SMILES string of the molecule is O=C(OC1C[N+]2(Cc3ccc(Cl)cc3)CCC1CC2)c1ccccc1. The molecule has 25 heavy (non-hydrogen) atoms. The van der Waals surface area contributed by atoms with Gasteiger partial charge in [0.1, 0.15) is 13.1 Å². The van der Waals surface area contributed by atoms with Crippen LogP contribution in [0.4, 0.5) is 0 Å². The Labute approximate surface area is 153 Å². The molecule has 130 valence electrons. The summed E-state index contributed by atoms with van der Waals surface area (Å²) >= 11 is 6.01. The molecule has 1 atom stereocenters. The van der Waals surface area contributed by atoms with Crippen LogP contribution in [0.15, 0.2) is 54.6 Å². The number of halogens is 1. The quantitative estimate of drug-likeness (QED) is 0.603. The molecule has 5 rings (SSSR count). The predicted molar refractivity (Wildman–Crippen MR) is 98.4 cm³/mol. The van der Waals surface area contributed by atoms with Crippen molar-refractivity contribution in [3.05, 3.63) is 70.7 Å². The smallest absolute Gasteiger partial charge is 0.338 e. The predicted octanol–water partition coefficient (Wildman–Crippen LogP) is 4.31. The summed E-state index contributed by atoms with van der Waals surface area (Å²) < 4.78 is 6.94. The van der Waals surface area contributed by atoms with Crippen molar-refractivity contribution in [3.8, 4) is 0 Å². The fourth-order valence-corrected chi connectivity index (χ4v) is 4.46. The van der Waals surface area contributed by atoms with E-state index in [4.69, 9.17) is 16.3 Å². The van der Waals surface area contributed by atoms with Gasteiger partial charge in [0, 0.05) is 29.3 Å². The molecule has 3 saturated heterocycles. The summed E-state index contributed by atoms with van der Waals surface area (Å²) in [5.74, 6) is 0.321. The Balaban J connectivity index is 1.46. The first-order chi connectivity index (χ1) is 12.1. The van der Waals surface area contributed by atoms with Crippen molar-refractivity contribution in [2.45, 2.75) is 25.5 Å². The van der Waals surface area contributed by atoms with Gasteiger partial charge in [-0.2, -0.15) is 0 Å². The van der Waals surface area contributed by atoms with E-state index < -0.39 is 0 Å². The minimum Gasteiger partial charge on any atom is -0.452 e. The zero-order chi connectivity index (χ0) is 17.3. The number of piperidine rings is 3. The molecule has 0 aliphatic carbocycles. The highest BCUT2D eigenvalue weighted by Gasteiger charge is 2.47.